The minimum Gasteiger partial charge on any atom is -0.493 e. The maximum Gasteiger partial charge on any atom is 0.252 e. The second-order valence-electron chi connectivity index (χ2n) is 9.87. The molecule has 3 rings (SSSR count). The second-order valence-corrected chi connectivity index (χ2v) is 9.87. The first-order chi connectivity index (χ1) is 18.6. The number of carbonyl (C=O) groups is 4. The number of benzene rings is 1. The van der Waals surface area contributed by atoms with E-state index in [1.54, 1.807) is 29.1 Å². The number of fused-ring (bicyclic) bond motifs is 4. The molecule has 0 fully saturated rings. The molecule has 4 amide bonds. The maximum absolute atomic E-state index is 12.9. The monoisotopic (exact) mass is 543 g/mol. The predicted molar refractivity (Wildman–Crippen MR) is 141 cm³/mol. The minimum absolute atomic E-state index is 0.126. The molecule has 0 saturated carbocycles. The van der Waals surface area contributed by atoms with Crippen LogP contribution in [0.15, 0.2) is 24.4 Å². The van der Waals surface area contributed by atoms with Crippen LogP contribution in [0, 0.1) is 5.92 Å². The van der Waals surface area contributed by atoms with E-state index in [4.69, 9.17) is 9.47 Å². The zero-order chi connectivity index (χ0) is 28.5. The Labute approximate surface area is 227 Å². The molecule has 0 unspecified atom stereocenters. The summed E-state index contributed by atoms with van der Waals surface area (Å²) < 4.78 is 12.9. The summed E-state index contributed by atoms with van der Waals surface area (Å²) in [4.78, 5) is 51.3. The molecule has 13 heteroatoms. The Hall–Kier alpha value is -4.16. The second kappa shape index (κ2) is 13.6. The number of nitrogens with zero attached hydrogens (tertiary/aromatic N) is 3. The van der Waals surface area contributed by atoms with Crippen LogP contribution in [0.1, 0.15) is 56.6 Å². The number of hydrogen-bond donors (Lipinski definition) is 4. The fourth-order valence-electron chi connectivity index (χ4n) is 3.92. The van der Waals surface area contributed by atoms with E-state index in [2.05, 4.69) is 31.6 Å². The summed E-state index contributed by atoms with van der Waals surface area (Å²) in [5.41, 5.74) is 0.845. The molecule has 0 saturated heterocycles. The van der Waals surface area contributed by atoms with Gasteiger partial charge in [0.25, 0.3) is 5.91 Å². The summed E-state index contributed by atoms with van der Waals surface area (Å²) in [6.07, 6.45) is 2.72. The van der Waals surface area contributed by atoms with Crippen LogP contribution >= 0.6 is 0 Å². The van der Waals surface area contributed by atoms with E-state index in [1.165, 1.54) is 21.0 Å². The first kappa shape index (κ1) is 29.4. The molecule has 212 valence electrons. The Kier molecular flexibility index (Phi) is 10.2. The van der Waals surface area contributed by atoms with Gasteiger partial charge >= 0.3 is 0 Å². The summed E-state index contributed by atoms with van der Waals surface area (Å²) in [5, 5.41) is 18.9. The van der Waals surface area contributed by atoms with Gasteiger partial charge in [0.1, 0.15) is 23.8 Å². The number of nitrogens with one attached hydrogen (secondary N) is 4. The fraction of sp³-hybridized carbons (Fsp3) is 0.538. The molecule has 0 aliphatic carbocycles. The van der Waals surface area contributed by atoms with E-state index >= 15 is 0 Å². The van der Waals surface area contributed by atoms with Crippen molar-refractivity contribution in [3.05, 3.63) is 35.7 Å². The van der Waals surface area contributed by atoms with Gasteiger partial charge in [-0.15, -0.1) is 5.10 Å². The predicted octanol–water partition coefficient (Wildman–Crippen LogP) is 0.540. The van der Waals surface area contributed by atoms with E-state index in [9.17, 15) is 19.2 Å². The molecule has 2 heterocycles. The third-order valence-electron chi connectivity index (χ3n) is 6.08. The van der Waals surface area contributed by atoms with Gasteiger partial charge in [-0.05, 0) is 44.4 Å². The van der Waals surface area contributed by atoms with Crippen molar-refractivity contribution in [2.24, 2.45) is 5.92 Å². The lowest BCUT2D eigenvalue weighted by Gasteiger charge is -2.23. The minimum atomic E-state index is -0.946. The molecular weight excluding hydrogens is 506 g/mol. The third kappa shape index (κ3) is 8.42. The molecule has 1 aliphatic heterocycles. The number of ether oxygens (including phenoxy) is 2. The molecule has 3 atom stereocenters. The molecule has 39 heavy (non-hydrogen) atoms. The highest BCUT2D eigenvalue weighted by atomic mass is 16.5. The Morgan fingerprint density at radius 1 is 1.05 bits per heavy atom. The number of methoxy groups -OCH3 is 1. The van der Waals surface area contributed by atoms with Gasteiger partial charge in [0.05, 0.1) is 26.5 Å². The van der Waals surface area contributed by atoms with Crippen molar-refractivity contribution in [1.29, 1.82) is 0 Å². The van der Waals surface area contributed by atoms with E-state index in [0.29, 0.717) is 43.2 Å². The lowest BCUT2D eigenvalue weighted by Crippen LogP contribution is -2.55. The van der Waals surface area contributed by atoms with Gasteiger partial charge in [-0.1, -0.05) is 19.1 Å². The molecule has 1 aliphatic rings. The summed E-state index contributed by atoms with van der Waals surface area (Å²) in [6, 6.07) is 2.05. The SMILES string of the molecule is COc1ccc2cc1OCCCn1cc(nn1)CNC(=O)[C@@H](CC(C)C)NC(=O)[C@@H](C)NC(=O)[C@@H](C)NC2=O. The highest BCUT2D eigenvalue weighted by molar-refractivity contribution is 5.99. The van der Waals surface area contributed by atoms with Crippen molar-refractivity contribution in [3.63, 3.8) is 0 Å². The largest absolute Gasteiger partial charge is 0.493 e. The molecule has 2 aromatic rings. The van der Waals surface area contributed by atoms with E-state index in [-0.39, 0.29) is 23.9 Å². The number of rotatable bonds is 3. The summed E-state index contributed by atoms with van der Waals surface area (Å²) >= 11 is 0. The highest BCUT2D eigenvalue weighted by Crippen LogP contribution is 2.28. The molecule has 1 aromatic carbocycles. The van der Waals surface area contributed by atoms with Crippen molar-refractivity contribution in [1.82, 2.24) is 36.3 Å². The molecule has 4 bridgehead atoms. The van der Waals surface area contributed by atoms with Gasteiger partial charge in [0, 0.05) is 18.5 Å². The molecule has 4 N–H and O–H groups in total. The normalized spacial score (nSPS) is 21.8. The molecule has 1 aromatic heterocycles. The quantitative estimate of drug-likeness (QED) is 0.435. The smallest absolute Gasteiger partial charge is 0.252 e. The van der Waals surface area contributed by atoms with Gasteiger partial charge in [-0.2, -0.15) is 0 Å². The van der Waals surface area contributed by atoms with Gasteiger partial charge in [0.15, 0.2) is 11.5 Å². The first-order valence-electron chi connectivity index (χ1n) is 13.0. The van der Waals surface area contributed by atoms with E-state index in [0.717, 1.165) is 0 Å². The van der Waals surface area contributed by atoms with Crippen LogP contribution in [0.4, 0.5) is 0 Å². The van der Waals surface area contributed by atoms with Crippen LogP contribution in [-0.2, 0) is 27.5 Å². The Morgan fingerprint density at radius 2 is 1.77 bits per heavy atom. The van der Waals surface area contributed by atoms with Crippen molar-refractivity contribution < 1.29 is 28.7 Å². The van der Waals surface area contributed by atoms with Crippen LogP contribution in [0.2, 0.25) is 0 Å². The number of carbonyl (C=O) groups excluding carboxylic acids is 4. The first-order valence-corrected chi connectivity index (χ1v) is 13.0. The van der Waals surface area contributed by atoms with Crippen molar-refractivity contribution in [2.75, 3.05) is 13.7 Å². The van der Waals surface area contributed by atoms with Crippen LogP contribution in [0.3, 0.4) is 0 Å². The van der Waals surface area contributed by atoms with Crippen LogP contribution < -0.4 is 30.7 Å². The number of amides is 4. The maximum atomic E-state index is 12.9. The Balaban J connectivity index is 1.82. The summed E-state index contributed by atoms with van der Waals surface area (Å²) in [6.45, 7) is 7.89. The average Bonchev–Trinajstić information content (AvgIpc) is 3.35. The van der Waals surface area contributed by atoms with Crippen LogP contribution in [0.5, 0.6) is 11.5 Å². The molecule has 13 nitrogen and oxygen atoms in total. The molecule has 0 radical (unpaired) electrons. The van der Waals surface area contributed by atoms with Crippen molar-refractivity contribution >= 4 is 23.6 Å². The zero-order valence-electron chi connectivity index (χ0n) is 22.9. The van der Waals surface area contributed by atoms with Crippen LogP contribution in [-0.4, -0.2) is 70.5 Å². The van der Waals surface area contributed by atoms with Crippen LogP contribution in [0.25, 0.3) is 0 Å². The highest BCUT2D eigenvalue weighted by Gasteiger charge is 2.27. The lowest BCUT2D eigenvalue weighted by molar-refractivity contribution is -0.132. The fourth-order valence-corrected chi connectivity index (χ4v) is 3.92. The van der Waals surface area contributed by atoms with Gasteiger partial charge in [-0.25, -0.2) is 0 Å². The molecular formula is C26H37N7O6. The van der Waals surface area contributed by atoms with Gasteiger partial charge in [0.2, 0.25) is 17.7 Å². The standard InChI is InChI=1S/C26H37N7O6/c1-15(2)11-20-26(37)27-13-19-14-33(32-31-19)9-6-10-39-22-12-18(7-8-21(22)38-5)25(36)29-16(3)23(34)28-17(4)24(35)30-20/h7-8,12,14-17,20H,6,9-11,13H2,1-5H3,(H,27,37)(H,28,34)(H,29,36)(H,30,35)/t16-,17-,20-/m1/s1. The summed E-state index contributed by atoms with van der Waals surface area (Å²) in [5.74, 6) is -0.960. The third-order valence-corrected chi connectivity index (χ3v) is 6.08. The lowest BCUT2D eigenvalue weighted by atomic mass is 10.0. The van der Waals surface area contributed by atoms with E-state index < -0.39 is 35.8 Å². The summed E-state index contributed by atoms with van der Waals surface area (Å²) in [7, 11) is 1.50. The van der Waals surface area contributed by atoms with Gasteiger partial charge < -0.3 is 30.7 Å². The van der Waals surface area contributed by atoms with Gasteiger partial charge in [-0.3, -0.25) is 23.9 Å². The number of aromatic nitrogens is 3. The Bertz CT molecular complexity index is 1180. The van der Waals surface area contributed by atoms with Crippen molar-refractivity contribution in [2.45, 2.75) is 71.8 Å². The number of hydrogen-bond acceptors (Lipinski definition) is 8. The topological polar surface area (TPSA) is 166 Å². The Morgan fingerprint density at radius 3 is 2.49 bits per heavy atom. The van der Waals surface area contributed by atoms with Crippen molar-refractivity contribution in [3.8, 4) is 11.5 Å². The molecule has 0 spiro atoms. The average molecular weight is 544 g/mol. The van der Waals surface area contributed by atoms with E-state index in [1.807, 2.05) is 13.8 Å². The number of aryl methyl sites for hydroxylation is 1. The zero-order valence-corrected chi connectivity index (χ0v) is 22.9.